The van der Waals surface area contributed by atoms with Gasteiger partial charge in [0.1, 0.15) is 0 Å². The van der Waals surface area contributed by atoms with Crippen LogP contribution in [0.25, 0.3) is 11.6 Å². The molecule has 3 heterocycles. The fourth-order valence-corrected chi connectivity index (χ4v) is 5.33. The number of carbonyl (C=O) groups is 1. The predicted octanol–water partition coefficient (Wildman–Crippen LogP) is 5.71. The molecule has 7 nitrogen and oxygen atoms in total. The molecule has 1 amide bonds. The van der Waals surface area contributed by atoms with Gasteiger partial charge in [0, 0.05) is 27.3 Å². The third-order valence-corrected chi connectivity index (χ3v) is 7.56. The van der Waals surface area contributed by atoms with Crippen LogP contribution in [0.1, 0.15) is 51.1 Å². The Balaban J connectivity index is 1.62. The highest BCUT2D eigenvalue weighted by atomic mass is 79.9. The summed E-state index contributed by atoms with van der Waals surface area (Å²) in [5.41, 5.74) is 2.75. The minimum absolute atomic E-state index is 0.0248. The average Bonchev–Trinajstić information content (AvgIpc) is 3.21. The van der Waals surface area contributed by atoms with Gasteiger partial charge in [-0.05, 0) is 70.5 Å². The molecule has 39 heavy (non-hydrogen) atoms. The molecule has 1 atom stereocenters. The van der Waals surface area contributed by atoms with Gasteiger partial charge in [0.25, 0.3) is 11.5 Å². The second kappa shape index (κ2) is 9.78. The second-order valence-electron chi connectivity index (χ2n) is 9.83. The van der Waals surface area contributed by atoms with E-state index in [1.165, 1.54) is 21.6 Å². The molecule has 0 N–H and O–H groups in total. The van der Waals surface area contributed by atoms with Crippen molar-refractivity contribution in [2.24, 2.45) is 0 Å². The average molecular weight is 600 g/mol. The minimum Gasteiger partial charge on any atom is -0.330 e. The zero-order chi connectivity index (χ0) is 28.2. The number of hydrogen-bond donors (Lipinski definition) is 0. The first-order valence-electron chi connectivity index (χ1n) is 12.3. The van der Waals surface area contributed by atoms with E-state index in [9.17, 15) is 22.8 Å². The fraction of sp³-hybridized carbons (Fsp3) is 0.286. The summed E-state index contributed by atoms with van der Waals surface area (Å²) in [6.45, 7) is 7.40. The van der Waals surface area contributed by atoms with Crippen LogP contribution in [0.3, 0.4) is 0 Å². The Bertz CT molecular complexity index is 1660. The number of benzene rings is 2. The fourth-order valence-electron chi connectivity index (χ4n) is 4.86. The third kappa shape index (κ3) is 4.91. The van der Waals surface area contributed by atoms with Crippen LogP contribution in [0.5, 0.6) is 0 Å². The van der Waals surface area contributed by atoms with Crippen molar-refractivity contribution in [1.29, 1.82) is 0 Å². The van der Waals surface area contributed by atoms with Gasteiger partial charge >= 0.3 is 6.18 Å². The van der Waals surface area contributed by atoms with Crippen LogP contribution in [0.2, 0.25) is 0 Å². The van der Waals surface area contributed by atoms with Crippen molar-refractivity contribution in [3.63, 3.8) is 0 Å². The summed E-state index contributed by atoms with van der Waals surface area (Å²) in [7, 11) is 0. The Morgan fingerprint density at radius 3 is 2.36 bits per heavy atom. The summed E-state index contributed by atoms with van der Waals surface area (Å²) in [5, 5.41) is 4.53. The molecule has 0 saturated carbocycles. The van der Waals surface area contributed by atoms with Crippen LogP contribution in [0.4, 0.5) is 13.2 Å². The maximum Gasteiger partial charge on any atom is 0.417 e. The normalized spacial score (nSPS) is 15.4. The summed E-state index contributed by atoms with van der Waals surface area (Å²) in [6.07, 6.45) is -4.41. The van der Waals surface area contributed by atoms with Crippen molar-refractivity contribution in [2.75, 3.05) is 0 Å². The summed E-state index contributed by atoms with van der Waals surface area (Å²) in [4.78, 5) is 33.7. The van der Waals surface area contributed by atoms with E-state index in [0.29, 0.717) is 16.9 Å². The highest BCUT2D eigenvalue weighted by molar-refractivity contribution is 9.10. The van der Waals surface area contributed by atoms with Crippen LogP contribution >= 0.6 is 15.9 Å². The topological polar surface area (TPSA) is 73.0 Å². The monoisotopic (exact) mass is 599 g/mol. The Labute approximate surface area is 231 Å². The lowest BCUT2D eigenvalue weighted by Gasteiger charge is -2.34. The number of nitrogens with zero attached hydrogens (tertiary/aromatic N) is 5. The SMILES string of the molecule is Cc1ccc(-n2c(-n3nc(C)cc3C)nc3c(c2=O)CC(C)N(C(=O)c2ccc(Br)c(C(F)(F)F)c2)C3)cc1. The van der Waals surface area contributed by atoms with Crippen LogP contribution in [0.15, 0.2) is 57.8 Å². The minimum atomic E-state index is -4.62. The molecular formula is C28H25BrF3N5O2. The Morgan fingerprint density at radius 1 is 1.05 bits per heavy atom. The zero-order valence-electron chi connectivity index (χ0n) is 21.7. The number of carbonyl (C=O) groups excluding carboxylic acids is 1. The Kier molecular flexibility index (Phi) is 6.74. The standard InChI is InChI=1S/C28H25BrF3N5O2/c1-15-5-8-20(9-6-15)36-26(39)21-12-17(3)35(14-24(21)33-27(36)37-18(4)11-16(2)34-37)25(38)19-7-10-23(29)22(13-19)28(30,31)32/h5-11,13,17H,12,14H2,1-4H3. The molecule has 2 aromatic heterocycles. The van der Waals surface area contributed by atoms with E-state index in [-0.39, 0.29) is 34.5 Å². The van der Waals surface area contributed by atoms with Gasteiger partial charge in [-0.1, -0.05) is 33.6 Å². The number of aromatic nitrogens is 4. The molecular weight excluding hydrogens is 575 g/mol. The van der Waals surface area contributed by atoms with Gasteiger partial charge in [-0.3, -0.25) is 9.59 Å². The van der Waals surface area contributed by atoms with Crippen molar-refractivity contribution < 1.29 is 18.0 Å². The maximum absolute atomic E-state index is 13.9. The molecule has 0 saturated heterocycles. The van der Waals surface area contributed by atoms with Crippen LogP contribution in [-0.4, -0.2) is 36.2 Å². The first-order chi connectivity index (χ1) is 18.3. The molecule has 5 rings (SSSR count). The second-order valence-corrected chi connectivity index (χ2v) is 10.7. The number of halogens is 4. The van der Waals surface area contributed by atoms with Crippen LogP contribution in [-0.2, 0) is 19.1 Å². The Hall–Kier alpha value is -3.73. The number of alkyl halides is 3. The third-order valence-electron chi connectivity index (χ3n) is 6.87. The van der Waals surface area contributed by atoms with E-state index >= 15 is 0 Å². The largest absolute Gasteiger partial charge is 0.417 e. The van der Waals surface area contributed by atoms with E-state index in [1.807, 2.05) is 51.1 Å². The molecule has 1 unspecified atom stereocenters. The smallest absolute Gasteiger partial charge is 0.330 e. The van der Waals surface area contributed by atoms with Crippen LogP contribution < -0.4 is 5.56 Å². The van der Waals surface area contributed by atoms with Gasteiger partial charge in [-0.15, -0.1) is 0 Å². The van der Waals surface area contributed by atoms with Crippen molar-refractivity contribution in [1.82, 2.24) is 24.2 Å². The van der Waals surface area contributed by atoms with E-state index in [0.717, 1.165) is 23.0 Å². The molecule has 202 valence electrons. The first kappa shape index (κ1) is 26.9. The van der Waals surface area contributed by atoms with Crippen molar-refractivity contribution >= 4 is 21.8 Å². The highest BCUT2D eigenvalue weighted by Gasteiger charge is 2.36. The molecule has 0 bridgehead atoms. The number of fused-ring (bicyclic) bond motifs is 1. The Morgan fingerprint density at radius 2 is 1.74 bits per heavy atom. The van der Waals surface area contributed by atoms with Gasteiger partial charge in [-0.2, -0.15) is 18.3 Å². The van der Waals surface area contributed by atoms with E-state index in [2.05, 4.69) is 21.0 Å². The van der Waals surface area contributed by atoms with E-state index in [1.54, 1.807) is 11.6 Å². The highest BCUT2D eigenvalue weighted by Crippen LogP contribution is 2.36. The predicted molar refractivity (Wildman–Crippen MR) is 143 cm³/mol. The molecule has 4 aromatic rings. The van der Waals surface area contributed by atoms with Gasteiger partial charge in [0.15, 0.2) is 0 Å². The quantitative estimate of drug-likeness (QED) is 0.302. The first-order valence-corrected chi connectivity index (χ1v) is 13.1. The molecule has 1 aliphatic rings. The van der Waals surface area contributed by atoms with Crippen molar-refractivity contribution in [3.8, 4) is 11.6 Å². The van der Waals surface area contributed by atoms with Gasteiger partial charge < -0.3 is 4.90 Å². The summed E-state index contributed by atoms with van der Waals surface area (Å²) >= 11 is 2.92. The van der Waals surface area contributed by atoms with Gasteiger partial charge in [0.2, 0.25) is 5.95 Å². The number of aryl methyl sites for hydroxylation is 3. The lowest BCUT2D eigenvalue weighted by atomic mass is 9.98. The van der Waals surface area contributed by atoms with Gasteiger partial charge in [0.05, 0.1) is 29.2 Å². The maximum atomic E-state index is 13.9. The molecule has 0 spiro atoms. The van der Waals surface area contributed by atoms with E-state index in [4.69, 9.17) is 4.98 Å². The number of amides is 1. The van der Waals surface area contributed by atoms with Crippen LogP contribution in [0, 0.1) is 20.8 Å². The zero-order valence-corrected chi connectivity index (χ0v) is 23.3. The molecule has 1 aliphatic heterocycles. The molecule has 11 heteroatoms. The molecule has 0 aliphatic carbocycles. The van der Waals surface area contributed by atoms with E-state index < -0.39 is 23.7 Å². The number of hydrogen-bond acceptors (Lipinski definition) is 4. The molecule has 0 radical (unpaired) electrons. The van der Waals surface area contributed by atoms with Gasteiger partial charge in [-0.25, -0.2) is 14.2 Å². The lowest BCUT2D eigenvalue weighted by Crippen LogP contribution is -2.46. The lowest BCUT2D eigenvalue weighted by molar-refractivity contribution is -0.138. The van der Waals surface area contributed by atoms with Crippen molar-refractivity contribution in [2.45, 2.75) is 52.9 Å². The van der Waals surface area contributed by atoms with Crippen molar-refractivity contribution in [3.05, 3.63) is 103 Å². The summed E-state index contributed by atoms with van der Waals surface area (Å²) in [6, 6.07) is 12.3. The molecule has 0 fully saturated rings. The number of rotatable bonds is 3. The molecule has 2 aromatic carbocycles. The summed E-state index contributed by atoms with van der Waals surface area (Å²) in [5.74, 6) is -0.290. The summed E-state index contributed by atoms with van der Waals surface area (Å²) < 4.78 is 43.4.